The molecule has 0 aliphatic carbocycles. The lowest BCUT2D eigenvalue weighted by Gasteiger charge is -2.14. The predicted molar refractivity (Wildman–Crippen MR) is 66.4 cm³/mol. The molecule has 106 valence electrons. The molecule has 1 aromatic rings. The Morgan fingerprint density at radius 1 is 1.21 bits per heavy atom. The second-order valence-corrected chi connectivity index (χ2v) is 3.81. The average Bonchev–Trinajstić information content (AvgIpc) is 2.34. The summed E-state index contributed by atoms with van der Waals surface area (Å²) in [6.45, 7) is 2.72. The van der Waals surface area contributed by atoms with Gasteiger partial charge in [-0.3, -0.25) is 0 Å². The molecule has 0 bridgehead atoms. The third-order valence-electron chi connectivity index (χ3n) is 2.15. The molecule has 0 atom stereocenters. The highest BCUT2D eigenvalue weighted by Gasteiger charge is 2.29. The summed E-state index contributed by atoms with van der Waals surface area (Å²) in [5.41, 5.74) is 6.18. The molecule has 0 amide bonds. The van der Waals surface area contributed by atoms with Gasteiger partial charge < -0.3 is 15.2 Å². The lowest BCUT2D eigenvalue weighted by atomic mass is 10.1. The van der Waals surface area contributed by atoms with Gasteiger partial charge in [-0.1, -0.05) is 12.1 Å². The third kappa shape index (κ3) is 5.65. The van der Waals surface area contributed by atoms with Crippen molar-refractivity contribution >= 4 is 0 Å². The quantitative estimate of drug-likeness (QED) is 0.778. The van der Waals surface area contributed by atoms with Crippen LogP contribution in [0.3, 0.4) is 0 Å². The summed E-state index contributed by atoms with van der Waals surface area (Å²) in [4.78, 5) is 0. The first kappa shape index (κ1) is 15.4. The van der Waals surface area contributed by atoms with Crippen molar-refractivity contribution in [1.29, 1.82) is 0 Å². The van der Waals surface area contributed by atoms with E-state index in [1.54, 1.807) is 18.2 Å². The van der Waals surface area contributed by atoms with Crippen LogP contribution in [0.1, 0.15) is 5.56 Å². The van der Waals surface area contributed by atoms with Crippen molar-refractivity contribution in [3.05, 3.63) is 36.4 Å². The molecule has 1 rings (SSSR count). The predicted octanol–water partition coefficient (Wildman–Crippen LogP) is 2.69. The molecule has 0 fully saturated rings. The van der Waals surface area contributed by atoms with E-state index in [1.807, 2.05) is 0 Å². The molecular formula is C13H16F3NO2. The Bertz CT molecular complexity index is 419. The molecule has 0 radical (unpaired) electrons. The van der Waals surface area contributed by atoms with E-state index in [1.165, 1.54) is 6.07 Å². The Morgan fingerprint density at radius 3 is 2.53 bits per heavy atom. The van der Waals surface area contributed by atoms with E-state index in [4.69, 9.17) is 15.2 Å². The number of rotatable bonds is 7. The van der Waals surface area contributed by atoms with Crippen LogP contribution in [0.25, 0.3) is 0 Å². The van der Waals surface area contributed by atoms with Crippen LogP contribution < -0.4 is 15.2 Å². The molecule has 0 saturated carbocycles. The maximum Gasteiger partial charge on any atom is 0.422 e. The van der Waals surface area contributed by atoms with E-state index < -0.39 is 12.8 Å². The molecule has 1 aromatic carbocycles. The molecule has 0 saturated heterocycles. The first-order chi connectivity index (χ1) is 8.96. The van der Waals surface area contributed by atoms with E-state index >= 15 is 0 Å². The van der Waals surface area contributed by atoms with Crippen molar-refractivity contribution in [2.75, 3.05) is 19.8 Å². The number of nitrogens with two attached hydrogens (primary N) is 1. The van der Waals surface area contributed by atoms with E-state index in [9.17, 15) is 13.2 Å². The fourth-order valence-electron chi connectivity index (χ4n) is 1.41. The second-order valence-electron chi connectivity index (χ2n) is 3.81. The number of allylic oxidation sites excluding steroid dienone is 1. The topological polar surface area (TPSA) is 44.5 Å². The van der Waals surface area contributed by atoms with Crippen LogP contribution in [0.15, 0.2) is 30.9 Å². The van der Waals surface area contributed by atoms with Gasteiger partial charge in [0.25, 0.3) is 0 Å². The molecule has 0 aromatic heterocycles. The van der Waals surface area contributed by atoms with Gasteiger partial charge in [0.05, 0.1) is 0 Å². The Balaban J connectivity index is 2.84. The second kappa shape index (κ2) is 7.04. The molecule has 0 heterocycles. The third-order valence-corrected chi connectivity index (χ3v) is 2.15. The van der Waals surface area contributed by atoms with E-state index in [2.05, 4.69) is 6.58 Å². The number of halogens is 3. The Hall–Kier alpha value is -1.69. The fourth-order valence-corrected chi connectivity index (χ4v) is 1.41. The van der Waals surface area contributed by atoms with Crippen molar-refractivity contribution in [3.63, 3.8) is 0 Å². The van der Waals surface area contributed by atoms with Crippen LogP contribution in [0.5, 0.6) is 11.5 Å². The van der Waals surface area contributed by atoms with Gasteiger partial charge in [0.15, 0.2) is 18.1 Å². The van der Waals surface area contributed by atoms with Gasteiger partial charge >= 0.3 is 6.18 Å². The number of alkyl halides is 3. The smallest absolute Gasteiger partial charge is 0.422 e. The summed E-state index contributed by atoms with van der Waals surface area (Å²) in [6, 6.07) is 4.75. The van der Waals surface area contributed by atoms with Crippen LogP contribution in [0.2, 0.25) is 0 Å². The summed E-state index contributed by atoms with van der Waals surface area (Å²) in [7, 11) is 0. The van der Waals surface area contributed by atoms with Crippen molar-refractivity contribution in [2.24, 2.45) is 5.73 Å². The van der Waals surface area contributed by atoms with Gasteiger partial charge in [-0.15, -0.1) is 6.58 Å². The highest BCUT2D eigenvalue weighted by atomic mass is 19.4. The van der Waals surface area contributed by atoms with Gasteiger partial charge in [0.1, 0.15) is 6.61 Å². The zero-order chi connectivity index (χ0) is 14.3. The summed E-state index contributed by atoms with van der Waals surface area (Å²) < 4.78 is 46.4. The number of benzene rings is 1. The van der Waals surface area contributed by atoms with Crippen LogP contribution in [0, 0.1) is 0 Å². The van der Waals surface area contributed by atoms with Crippen molar-refractivity contribution in [3.8, 4) is 11.5 Å². The SMILES string of the molecule is C=CCc1ccc(OCC(F)(F)F)c(OCCN)c1. The molecule has 2 N–H and O–H groups in total. The highest BCUT2D eigenvalue weighted by Crippen LogP contribution is 2.30. The monoisotopic (exact) mass is 275 g/mol. The maximum absolute atomic E-state index is 12.1. The van der Waals surface area contributed by atoms with Gasteiger partial charge in [-0.05, 0) is 24.1 Å². The standard InChI is InChI=1S/C13H16F3NO2/c1-2-3-10-4-5-11(19-9-13(14,15)16)12(8-10)18-7-6-17/h2,4-5,8H,1,3,6-7,9,17H2. The molecule has 0 aliphatic heterocycles. The van der Waals surface area contributed by atoms with Gasteiger partial charge in [-0.25, -0.2) is 0 Å². The number of hydrogen-bond donors (Lipinski definition) is 1. The zero-order valence-corrected chi connectivity index (χ0v) is 10.4. The Morgan fingerprint density at radius 2 is 1.95 bits per heavy atom. The number of hydrogen-bond acceptors (Lipinski definition) is 3. The van der Waals surface area contributed by atoms with Crippen LogP contribution in [-0.4, -0.2) is 25.9 Å². The van der Waals surface area contributed by atoms with Crippen LogP contribution in [0.4, 0.5) is 13.2 Å². The van der Waals surface area contributed by atoms with Crippen molar-refractivity contribution in [2.45, 2.75) is 12.6 Å². The number of ether oxygens (including phenoxy) is 2. The van der Waals surface area contributed by atoms with Crippen molar-refractivity contribution in [1.82, 2.24) is 0 Å². The molecule has 0 aliphatic rings. The molecule has 0 spiro atoms. The molecule has 3 nitrogen and oxygen atoms in total. The van der Waals surface area contributed by atoms with E-state index in [0.29, 0.717) is 6.42 Å². The van der Waals surface area contributed by atoms with E-state index in [0.717, 1.165) is 5.56 Å². The minimum Gasteiger partial charge on any atom is -0.488 e. The van der Waals surface area contributed by atoms with Crippen molar-refractivity contribution < 1.29 is 22.6 Å². The molecule has 0 unspecified atom stereocenters. The first-order valence-electron chi connectivity index (χ1n) is 5.72. The lowest BCUT2D eigenvalue weighted by Crippen LogP contribution is -2.20. The summed E-state index contributed by atoms with van der Waals surface area (Å²) >= 11 is 0. The Kier molecular flexibility index (Phi) is 5.69. The van der Waals surface area contributed by atoms with Gasteiger partial charge in [0, 0.05) is 6.54 Å². The van der Waals surface area contributed by atoms with Crippen LogP contribution in [-0.2, 0) is 6.42 Å². The highest BCUT2D eigenvalue weighted by molar-refractivity contribution is 5.43. The fraction of sp³-hybridized carbons (Fsp3) is 0.385. The first-order valence-corrected chi connectivity index (χ1v) is 5.72. The molecule has 19 heavy (non-hydrogen) atoms. The van der Waals surface area contributed by atoms with Crippen LogP contribution >= 0.6 is 0 Å². The minimum atomic E-state index is -4.38. The summed E-state index contributed by atoms with van der Waals surface area (Å²) in [6.07, 6.45) is -2.10. The summed E-state index contributed by atoms with van der Waals surface area (Å²) in [5, 5.41) is 0. The summed E-state index contributed by atoms with van der Waals surface area (Å²) in [5.74, 6) is 0.313. The molecular weight excluding hydrogens is 259 g/mol. The van der Waals surface area contributed by atoms with Gasteiger partial charge in [0.2, 0.25) is 0 Å². The van der Waals surface area contributed by atoms with E-state index in [-0.39, 0.29) is 24.7 Å². The normalized spacial score (nSPS) is 11.2. The minimum absolute atomic E-state index is 0.0542. The lowest BCUT2D eigenvalue weighted by molar-refractivity contribution is -0.153. The average molecular weight is 275 g/mol. The Labute approximate surface area is 109 Å². The van der Waals surface area contributed by atoms with Gasteiger partial charge in [-0.2, -0.15) is 13.2 Å². The maximum atomic E-state index is 12.1. The zero-order valence-electron chi connectivity index (χ0n) is 10.4. The molecule has 6 heteroatoms. The largest absolute Gasteiger partial charge is 0.488 e.